The maximum Gasteiger partial charge on any atom is 0.328 e. The lowest BCUT2D eigenvalue weighted by molar-refractivity contribution is -0.143. The van der Waals surface area contributed by atoms with E-state index in [2.05, 4.69) is 10.6 Å². The summed E-state index contributed by atoms with van der Waals surface area (Å²) in [4.78, 5) is 35.8. The average Bonchev–Trinajstić information content (AvgIpc) is 2.47. The highest BCUT2D eigenvalue weighted by atomic mass is 35.5. The number of methoxy groups -OCH3 is 1. The maximum atomic E-state index is 12.1. The van der Waals surface area contributed by atoms with Crippen molar-refractivity contribution < 1.29 is 24.2 Å². The second-order valence-corrected chi connectivity index (χ2v) is 6.54. The van der Waals surface area contributed by atoms with Crippen molar-refractivity contribution in [2.45, 2.75) is 22.6 Å². The van der Waals surface area contributed by atoms with Crippen molar-refractivity contribution in [2.24, 2.45) is 0 Å². The Kier molecular flexibility index (Phi) is 5.86. The highest BCUT2D eigenvalue weighted by Crippen LogP contribution is 2.38. The monoisotopic (exact) mass is 358 g/mol. The number of carboxylic acid groups (broad SMARTS) is 1. The molecule has 0 radical (unpaired) electrons. The Morgan fingerprint density at radius 2 is 2.26 bits per heavy atom. The summed E-state index contributed by atoms with van der Waals surface area (Å²) in [6, 6.07) is 3.95. The molecule has 2 amide bonds. The van der Waals surface area contributed by atoms with Crippen molar-refractivity contribution in [3.8, 4) is 0 Å². The van der Waals surface area contributed by atoms with Crippen LogP contribution in [0.25, 0.3) is 0 Å². The van der Waals surface area contributed by atoms with E-state index in [-0.39, 0.29) is 18.9 Å². The molecule has 0 aliphatic carbocycles. The Hall–Kier alpha value is -1.77. The predicted octanol–water partition coefficient (Wildman–Crippen LogP) is 1.36. The summed E-state index contributed by atoms with van der Waals surface area (Å²) in [5.74, 6) is -2.04. The van der Waals surface area contributed by atoms with Gasteiger partial charge >= 0.3 is 5.97 Å². The van der Waals surface area contributed by atoms with E-state index in [1.54, 1.807) is 18.2 Å². The van der Waals surface area contributed by atoms with E-state index in [0.717, 1.165) is 4.90 Å². The molecule has 0 bridgehead atoms. The van der Waals surface area contributed by atoms with Crippen LogP contribution in [-0.2, 0) is 19.1 Å². The molecule has 1 aliphatic rings. The summed E-state index contributed by atoms with van der Waals surface area (Å²) < 4.78 is 4.74. The van der Waals surface area contributed by atoms with Crippen LogP contribution in [0.2, 0.25) is 5.02 Å². The van der Waals surface area contributed by atoms with E-state index in [0.29, 0.717) is 10.7 Å². The summed E-state index contributed by atoms with van der Waals surface area (Å²) in [6.07, 6.45) is -0.133. The highest BCUT2D eigenvalue weighted by molar-refractivity contribution is 8.01. The van der Waals surface area contributed by atoms with E-state index < -0.39 is 23.2 Å². The van der Waals surface area contributed by atoms with E-state index in [9.17, 15) is 14.4 Å². The molecule has 0 fully saturated rings. The number of carbonyl (C=O) groups is 3. The molecule has 1 aromatic carbocycles. The topological polar surface area (TPSA) is 105 Å². The molecule has 2 rings (SSSR count). The molecule has 2 atom stereocenters. The molecular formula is C14H15ClN2O5S. The Bertz CT molecular complexity index is 640. The Morgan fingerprint density at radius 1 is 1.52 bits per heavy atom. The van der Waals surface area contributed by atoms with Gasteiger partial charge in [0.1, 0.15) is 0 Å². The number of anilines is 1. The van der Waals surface area contributed by atoms with Crippen LogP contribution in [0.1, 0.15) is 6.42 Å². The zero-order valence-electron chi connectivity index (χ0n) is 12.2. The number of carboxylic acids is 1. The number of ether oxygens (including phenoxy) is 1. The number of benzene rings is 1. The van der Waals surface area contributed by atoms with Gasteiger partial charge in [-0.05, 0) is 18.2 Å². The Balaban J connectivity index is 2.00. The van der Waals surface area contributed by atoms with Crippen LogP contribution in [0.15, 0.2) is 23.1 Å². The fourth-order valence-electron chi connectivity index (χ4n) is 2.02. The smallest absolute Gasteiger partial charge is 0.328 e. The molecule has 1 heterocycles. The third-order valence-corrected chi connectivity index (χ3v) is 4.61. The molecule has 3 N–H and O–H groups in total. The van der Waals surface area contributed by atoms with Crippen molar-refractivity contribution in [1.82, 2.24) is 5.32 Å². The first kappa shape index (κ1) is 17.6. The van der Waals surface area contributed by atoms with Crippen molar-refractivity contribution in [1.29, 1.82) is 0 Å². The van der Waals surface area contributed by atoms with Crippen LogP contribution < -0.4 is 10.6 Å². The van der Waals surface area contributed by atoms with Gasteiger partial charge in [0.05, 0.1) is 17.5 Å². The lowest BCUT2D eigenvalue weighted by atomic mass is 10.2. The predicted molar refractivity (Wildman–Crippen MR) is 85.8 cm³/mol. The summed E-state index contributed by atoms with van der Waals surface area (Å²) in [5, 5.41) is 13.9. The molecule has 2 unspecified atom stereocenters. The largest absolute Gasteiger partial charge is 0.480 e. The van der Waals surface area contributed by atoms with Crippen molar-refractivity contribution in [3.63, 3.8) is 0 Å². The van der Waals surface area contributed by atoms with Crippen LogP contribution in [0, 0.1) is 0 Å². The number of thioether (sulfide) groups is 1. The molecule has 0 aromatic heterocycles. The van der Waals surface area contributed by atoms with Gasteiger partial charge < -0.3 is 20.5 Å². The summed E-state index contributed by atoms with van der Waals surface area (Å²) in [5.41, 5.74) is 0.604. The van der Waals surface area contributed by atoms with E-state index >= 15 is 0 Å². The number of amides is 2. The van der Waals surface area contributed by atoms with E-state index in [1.165, 1.54) is 18.9 Å². The lowest BCUT2D eigenvalue weighted by Crippen LogP contribution is -2.45. The number of hydrogen-bond donors (Lipinski definition) is 3. The number of hydrogen-bond acceptors (Lipinski definition) is 5. The van der Waals surface area contributed by atoms with Crippen LogP contribution in [0.3, 0.4) is 0 Å². The average molecular weight is 359 g/mol. The first-order chi connectivity index (χ1) is 10.9. The third-order valence-electron chi connectivity index (χ3n) is 3.10. The molecule has 23 heavy (non-hydrogen) atoms. The highest BCUT2D eigenvalue weighted by Gasteiger charge is 2.30. The normalized spacial score (nSPS) is 17.8. The second-order valence-electron chi connectivity index (χ2n) is 4.85. The fraction of sp³-hybridized carbons (Fsp3) is 0.357. The van der Waals surface area contributed by atoms with Gasteiger partial charge in [0, 0.05) is 23.4 Å². The molecule has 0 saturated carbocycles. The summed E-state index contributed by atoms with van der Waals surface area (Å²) >= 11 is 7.11. The molecule has 1 aromatic rings. The Morgan fingerprint density at radius 3 is 2.91 bits per heavy atom. The second kappa shape index (κ2) is 7.67. The number of fused-ring (bicyclic) bond motifs is 1. The van der Waals surface area contributed by atoms with Gasteiger partial charge in [-0.2, -0.15) is 0 Å². The zero-order valence-corrected chi connectivity index (χ0v) is 13.7. The number of aliphatic carboxylic acids is 1. The molecule has 124 valence electrons. The minimum Gasteiger partial charge on any atom is -0.480 e. The first-order valence-electron chi connectivity index (χ1n) is 6.69. The molecule has 9 heteroatoms. The summed E-state index contributed by atoms with van der Waals surface area (Å²) in [6.45, 7) is -0.146. The van der Waals surface area contributed by atoms with E-state index in [4.69, 9.17) is 21.4 Å². The molecule has 0 spiro atoms. The minimum absolute atomic E-state index is 0.133. The van der Waals surface area contributed by atoms with Gasteiger partial charge in [-0.3, -0.25) is 9.59 Å². The molecule has 1 aliphatic heterocycles. The SMILES string of the molecule is COCC(NC(=O)CC1Sc2ccc(Cl)cc2NC1=O)C(=O)O. The van der Waals surface area contributed by atoms with Crippen molar-refractivity contribution >= 4 is 46.8 Å². The molecule has 7 nitrogen and oxygen atoms in total. The number of nitrogens with one attached hydrogen (secondary N) is 2. The fourth-order valence-corrected chi connectivity index (χ4v) is 3.28. The van der Waals surface area contributed by atoms with Crippen molar-refractivity contribution in [2.75, 3.05) is 19.0 Å². The van der Waals surface area contributed by atoms with Gasteiger partial charge in [-0.25, -0.2) is 4.79 Å². The summed E-state index contributed by atoms with van der Waals surface area (Å²) in [7, 11) is 1.34. The molecular weight excluding hydrogens is 344 g/mol. The van der Waals surface area contributed by atoms with Gasteiger partial charge in [0.2, 0.25) is 11.8 Å². The van der Waals surface area contributed by atoms with Crippen LogP contribution in [0.4, 0.5) is 5.69 Å². The number of halogens is 1. The van der Waals surface area contributed by atoms with Gasteiger partial charge in [0.15, 0.2) is 6.04 Å². The molecule has 0 saturated heterocycles. The minimum atomic E-state index is -1.19. The van der Waals surface area contributed by atoms with Gasteiger partial charge in [-0.1, -0.05) is 11.6 Å². The maximum absolute atomic E-state index is 12.1. The number of carbonyl (C=O) groups excluding carboxylic acids is 2. The van der Waals surface area contributed by atoms with Crippen LogP contribution in [0.5, 0.6) is 0 Å². The van der Waals surface area contributed by atoms with Gasteiger partial charge in [0.25, 0.3) is 0 Å². The Labute approximate surface area is 141 Å². The van der Waals surface area contributed by atoms with Crippen LogP contribution in [-0.4, -0.2) is 47.9 Å². The lowest BCUT2D eigenvalue weighted by Gasteiger charge is -2.24. The van der Waals surface area contributed by atoms with Gasteiger partial charge in [-0.15, -0.1) is 11.8 Å². The van der Waals surface area contributed by atoms with E-state index in [1.807, 2.05) is 0 Å². The standard InChI is InChI=1S/C14H15ClN2O5S/c1-22-6-9(14(20)21)16-12(18)5-11-13(19)17-8-4-7(15)2-3-10(8)23-11/h2-4,9,11H,5-6H2,1H3,(H,16,18)(H,17,19)(H,20,21). The third kappa shape index (κ3) is 4.60. The zero-order chi connectivity index (χ0) is 17.0. The quantitative estimate of drug-likeness (QED) is 0.709. The van der Waals surface area contributed by atoms with Crippen LogP contribution >= 0.6 is 23.4 Å². The number of rotatable bonds is 6. The first-order valence-corrected chi connectivity index (χ1v) is 7.94. The van der Waals surface area contributed by atoms with Crippen molar-refractivity contribution in [3.05, 3.63) is 23.2 Å².